The molecule has 0 radical (unpaired) electrons. The first-order valence-corrected chi connectivity index (χ1v) is 8.92. The Kier molecular flexibility index (Phi) is 6.13. The Morgan fingerprint density at radius 2 is 1.89 bits per heavy atom. The number of halogens is 3. The monoisotopic (exact) mass is 395 g/mol. The van der Waals surface area contributed by atoms with Crippen LogP contribution in [0.25, 0.3) is 0 Å². The van der Waals surface area contributed by atoms with E-state index in [1.165, 1.54) is 7.11 Å². The van der Waals surface area contributed by atoms with Crippen LogP contribution >= 0.6 is 11.6 Å². The molecule has 2 amide bonds. The lowest BCUT2D eigenvalue weighted by Crippen LogP contribution is -2.51. The smallest absolute Gasteiger partial charge is 0.319 e. The third kappa shape index (κ3) is 4.67. The topological polar surface area (TPSA) is 62.4 Å². The van der Waals surface area contributed by atoms with E-state index in [9.17, 15) is 13.6 Å². The van der Waals surface area contributed by atoms with E-state index in [4.69, 9.17) is 16.3 Å². The van der Waals surface area contributed by atoms with Gasteiger partial charge in [-0.1, -0.05) is 11.6 Å². The molecule has 0 aliphatic carbocycles. The summed E-state index contributed by atoms with van der Waals surface area (Å²) in [7, 11) is 1.35. The fourth-order valence-corrected chi connectivity index (χ4v) is 3.38. The van der Waals surface area contributed by atoms with Gasteiger partial charge in [-0.2, -0.15) is 0 Å². The summed E-state index contributed by atoms with van der Waals surface area (Å²) in [5.41, 5.74) is 0.535. The minimum Gasteiger partial charge on any atom is -0.497 e. The molecule has 3 N–H and O–H groups in total. The number of carbonyl (C=O) groups is 1. The lowest BCUT2D eigenvalue weighted by Gasteiger charge is -2.33. The zero-order valence-corrected chi connectivity index (χ0v) is 15.4. The van der Waals surface area contributed by atoms with Crippen LogP contribution < -0.4 is 20.7 Å². The van der Waals surface area contributed by atoms with Gasteiger partial charge in [0.2, 0.25) is 0 Å². The van der Waals surface area contributed by atoms with E-state index >= 15 is 0 Å². The lowest BCUT2D eigenvalue weighted by molar-refractivity contribution is 0.241. The molecule has 1 unspecified atom stereocenters. The molecule has 1 saturated heterocycles. The highest BCUT2D eigenvalue weighted by Gasteiger charge is 2.32. The third-order valence-corrected chi connectivity index (χ3v) is 4.81. The number of urea groups is 1. The molecular formula is C19H20ClF2N3O2. The number of amides is 2. The number of benzene rings is 2. The molecule has 5 nitrogen and oxygen atoms in total. The first-order chi connectivity index (χ1) is 13.0. The Morgan fingerprint density at radius 3 is 2.52 bits per heavy atom. The van der Waals surface area contributed by atoms with Crippen LogP contribution in [0, 0.1) is 11.6 Å². The molecule has 144 valence electrons. The van der Waals surface area contributed by atoms with Gasteiger partial charge in [-0.05, 0) is 37.2 Å². The molecule has 2 aromatic carbocycles. The zero-order chi connectivity index (χ0) is 19.4. The Labute approximate surface area is 161 Å². The predicted octanol–water partition coefficient (Wildman–Crippen LogP) is 3.89. The van der Waals surface area contributed by atoms with Crippen molar-refractivity contribution in [3.63, 3.8) is 0 Å². The van der Waals surface area contributed by atoms with Crippen molar-refractivity contribution < 1.29 is 18.3 Å². The number of anilines is 1. The number of piperidine rings is 1. The number of rotatable bonds is 4. The van der Waals surface area contributed by atoms with Gasteiger partial charge < -0.3 is 20.7 Å². The van der Waals surface area contributed by atoms with Crippen molar-refractivity contribution in [1.29, 1.82) is 0 Å². The summed E-state index contributed by atoms with van der Waals surface area (Å²) < 4.78 is 33.9. The zero-order valence-electron chi connectivity index (χ0n) is 14.7. The summed E-state index contributed by atoms with van der Waals surface area (Å²) in [6, 6.07) is 8.04. The quantitative estimate of drug-likeness (QED) is 0.736. The van der Waals surface area contributed by atoms with Crippen LogP contribution in [-0.2, 0) is 0 Å². The van der Waals surface area contributed by atoms with Crippen LogP contribution in [0.4, 0.5) is 19.3 Å². The fraction of sp³-hybridized carbons (Fsp3) is 0.316. The van der Waals surface area contributed by atoms with E-state index < -0.39 is 29.6 Å². The van der Waals surface area contributed by atoms with Gasteiger partial charge >= 0.3 is 6.03 Å². The van der Waals surface area contributed by atoms with Crippen molar-refractivity contribution in [3.8, 4) is 5.75 Å². The molecule has 0 bridgehead atoms. The number of hydrogen-bond acceptors (Lipinski definition) is 3. The Bertz CT molecular complexity index is 794. The standard InChI is InChI=1S/C19H20ClF2N3O2/c1-27-13-8-15(21)18(16(22)9-13)14-6-7-23-10-17(14)25-19(26)24-12-4-2-11(20)3-5-12/h2-5,8-9,14,17,23H,6-7,10H2,1H3,(H2,24,25,26)/t14?,17-/m1/s1. The Morgan fingerprint density at radius 1 is 1.22 bits per heavy atom. The molecule has 1 aliphatic heterocycles. The van der Waals surface area contributed by atoms with Gasteiger partial charge in [-0.25, -0.2) is 13.6 Å². The first kappa shape index (κ1) is 19.4. The van der Waals surface area contributed by atoms with E-state index in [0.717, 1.165) is 12.1 Å². The van der Waals surface area contributed by atoms with Gasteiger partial charge in [0.1, 0.15) is 17.4 Å². The van der Waals surface area contributed by atoms with Gasteiger partial charge in [0.15, 0.2) is 0 Å². The second-order valence-electron chi connectivity index (χ2n) is 6.32. The Hall–Kier alpha value is -2.38. The molecule has 2 aromatic rings. The van der Waals surface area contributed by atoms with Gasteiger partial charge in [0, 0.05) is 40.9 Å². The summed E-state index contributed by atoms with van der Waals surface area (Å²) in [6.07, 6.45) is 0.492. The van der Waals surface area contributed by atoms with Crippen LogP contribution in [-0.4, -0.2) is 32.3 Å². The van der Waals surface area contributed by atoms with Gasteiger partial charge in [0.05, 0.1) is 13.2 Å². The minimum atomic E-state index is -0.677. The normalized spacial score (nSPS) is 19.4. The molecule has 1 aliphatic rings. The van der Waals surface area contributed by atoms with Crippen molar-refractivity contribution in [2.24, 2.45) is 0 Å². The number of ether oxygens (including phenoxy) is 1. The third-order valence-electron chi connectivity index (χ3n) is 4.56. The summed E-state index contributed by atoms with van der Waals surface area (Å²) in [5, 5.41) is 9.20. The maximum atomic E-state index is 14.5. The highest BCUT2D eigenvalue weighted by atomic mass is 35.5. The van der Waals surface area contributed by atoms with Crippen molar-refractivity contribution in [2.75, 3.05) is 25.5 Å². The minimum absolute atomic E-state index is 0.0332. The van der Waals surface area contributed by atoms with E-state index in [-0.39, 0.29) is 11.3 Å². The van der Waals surface area contributed by atoms with Gasteiger partial charge in [-0.3, -0.25) is 0 Å². The van der Waals surface area contributed by atoms with Gasteiger partial charge in [-0.15, -0.1) is 0 Å². The van der Waals surface area contributed by atoms with Crippen LogP contribution in [0.5, 0.6) is 5.75 Å². The van der Waals surface area contributed by atoms with Crippen molar-refractivity contribution >= 4 is 23.3 Å². The molecule has 0 aromatic heterocycles. The highest BCUT2D eigenvalue weighted by molar-refractivity contribution is 6.30. The molecule has 2 atom stereocenters. The number of methoxy groups -OCH3 is 1. The maximum Gasteiger partial charge on any atom is 0.319 e. The molecule has 8 heteroatoms. The van der Waals surface area contributed by atoms with E-state index in [0.29, 0.717) is 30.2 Å². The maximum absolute atomic E-state index is 14.5. The molecule has 1 fully saturated rings. The van der Waals surface area contributed by atoms with E-state index in [2.05, 4.69) is 16.0 Å². The first-order valence-electron chi connectivity index (χ1n) is 8.54. The molecule has 3 rings (SSSR count). The van der Waals surface area contributed by atoms with Crippen molar-refractivity contribution in [1.82, 2.24) is 10.6 Å². The largest absolute Gasteiger partial charge is 0.497 e. The highest BCUT2D eigenvalue weighted by Crippen LogP contribution is 2.32. The summed E-state index contributed by atoms with van der Waals surface area (Å²) >= 11 is 5.83. The number of carbonyl (C=O) groups excluding carboxylic acids is 1. The van der Waals surface area contributed by atoms with Crippen LogP contribution in [0.1, 0.15) is 17.9 Å². The second kappa shape index (κ2) is 8.54. The molecule has 0 saturated carbocycles. The van der Waals surface area contributed by atoms with Crippen LogP contribution in [0.15, 0.2) is 36.4 Å². The number of nitrogens with one attached hydrogen (secondary N) is 3. The van der Waals surface area contributed by atoms with Crippen molar-refractivity contribution in [3.05, 3.63) is 58.6 Å². The van der Waals surface area contributed by atoms with E-state index in [1.807, 2.05) is 0 Å². The second-order valence-corrected chi connectivity index (χ2v) is 6.75. The SMILES string of the molecule is COc1cc(F)c(C2CCNC[C@H]2NC(=O)Nc2ccc(Cl)cc2)c(F)c1. The fourth-order valence-electron chi connectivity index (χ4n) is 3.26. The number of hydrogen-bond donors (Lipinski definition) is 3. The molecular weight excluding hydrogens is 376 g/mol. The summed E-state index contributed by atoms with van der Waals surface area (Å²) in [4.78, 5) is 12.3. The predicted molar refractivity (Wildman–Crippen MR) is 101 cm³/mol. The summed E-state index contributed by atoms with van der Waals surface area (Å²) in [5.74, 6) is -1.73. The van der Waals surface area contributed by atoms with Crippen LogP contribution in [0.2, 0.25) is 5.02 Å². The lowest BCUT2D eigenvalue weighted by atomic mass is 9.85. The van der Waals surface area contributed by atoms with Crippen molar-refractivity contribution in [2.45, 2.75) is 18.4 Å². The molecule has 0 spiro atoms. The summed E-state index contributed by atoms with van der Waals surface area (Å²) in [6.45, 7) is 1.01. The Balaban J connectivity index is 1.76. The van der Waals surface area contributed by atoms with Gasteiger partial charge in [0.25, 0.3) is 0 Å². The molecule has 27 heavy (non-hydrogen) atoms. The average molecular weight is 396 g/mol. The molecule has 1 heterocycles. The average Bonchev–Trinajstić information content (AvgIpc) is 2.64. The van der Waals surface area contributed by atoms with Crippen LogP contribution in [0.3, 0.4) is 0 Å². The van der Waals surface area contributed by atoms with E-state index in [1.54, 1.807) is 24.3 Å².